The predicted molar refractivity (Wildman–Crippen MR) is 103 cm³/mol. The fraction of sp³-hybridized carbons (Fsp3) is 0.350. The summed E-state index contributed by atoms with van der Waals surface area (Å²) < 4.78 is 27.0. The maximum Gasteiger partial charge on any atom is 0.255 e. The highest BCUT2D eigenvalue weighted by atomic mass is 32.2. The van der Waals surface area contributed by atoms with E-state index in [1.54, 1.807) is 34.6 Å². The van der Waals surface area contributed by atoms with Crippen LogP contribution in [-0.4, -0.2) is 31.7 Å². The molecule has 5 nitrogen and oxygen atoms in total. The van der Waals surface area contributed by atoms with Crippen LogP contribution in [0.5, 0.6) is 0 Å². The zero-order valence-electron chi connectivity index (χ0n) is 15.1. The summed E-state index contributed by atoms with van der Waals surface area (Å²) in [6.45, 7) is 5.21. The molecular weight excluding hydrogens is 348 g/mol. The number of anilines is 1. The summed E-state index contributed by atoms with van der Waals surface area (Å²) >= 11 is 0. The topological polar surface area (TPSA) is 66.5 Å². The summed E-state index contributed by atoms with van der Waals surface area (Å²) in [6, 6.07) is 13.7. The first-order valence-electron chi connectivity index (χ1n) is 8.84. The van der Waals surface area contributed by atoms with Gasteiger partial charge in [-0.25, -0.2) is 8.42 Å². The Balaban J connectivity index is 1.71. The van der Waals surface area contributed by atoms with Crippen LogP contribution >= 0.6 is 0 Å². The number of hydrogen-bond acceptors (Lipinski definition) is 3. The predicted octanol–water partition coefficient (Wildman–Crippen LogP) is 3.67. The third kappa shape index (κ3) is 4.14. The number of carbonyl (C=O) groups is 1. The van der Waals surface area contributed by atoms with Gasteiger partial charge in [0.15, 0.2) is 0 Å². The van der Waals surface area contributed by atoms with Crippen LogP contribution in [-0.2, 0) is 10.0 Å². The van der Waals surface area contributed by atoms with Gasteiger partial charge in [-0.2, -0.15) is 4.31 Å². The van der Waals surface area contributed by atoms with E-state index in [4.69, 9.17) is 0 Å². The van der Waals surface area contributed by atoms with E-state index in [1.165, 1.54) is 0 Å². The first kappa shape index (κ1) is 18.6. The number of nitrogens with one attached hydrogen (secondary N) is 1. The standard InChI is InChI=1S/C20H24N2O3S/c1-15-10-12-22(13-11-15)26(24,25)19-8-6-18(7-9-19)21-20(23)17-5-3-4-16(2)14-17/h3-9,14-15H,10-13H2,1-2H3,(H,21,23). The Labute approximate surface area is 155 Å². The van der Waals surface area contributed by atoms with Gasteiger partial charge in [0.1, 0.15) is 0 Å². The van der Waals surface area contributed by atoms with Crippen molar-refractivity contribution in [1.29, 1.82) is 0 Å². The first-order valence-corrected chi connectivity index (χ1v) is 10.3. The minimum Gasteiger partial charge on any atom is -0.322 e. The van der Waals surface area contributed by atoms with E-state index in [0.717, 1.165) is 18.4 Å². The van der Waals surface area contributed by atoms with Crippen LogP contribution in [0.15, 0.2) is 53.4 Å². The van der Waals surface area contributed by atoms with Crippen molar-refractivity contribution in [2.45, 2.75) is 31.6 Å². The highest BCUT2D eigenvalue weighted by Crippen LogP contribution is 2.24. The molecule has 0 atom stereocenters. The van der Waals surface area contributed by atoms with Crippen LogP contribution in [0, 0.1) is 12.8 Å². The molecule has 1 saturated heterocycles. The molecule has 0 spiro atoms. The molecule has 1 aliphatic heterocycles. The number of hydrogen-bond donors (Lipinski definition) is 1. The lowest BCUT2D eigenvalue weighted by atomic mass is 10.0. The Kier molecular flexibility index (Phi) is 5.44. The number of aryl methyl sites for hydroxylation is 1. The monoisotopic (exact) mass is 372 g/mol. The number of carbonyl (C=O) groups excluding carboxylic acids is 1. The Bertz CT molecular complexity index is 884. The fourth-order valence-corrected chi connectivity index (χ4v) is 4.54. The normalized spacial score (nSPS) is 16.4. The SMILES string of the molecule is Cc1cccc(C(=O)Nc2ccc(S(=O)(=O)N3CCC(C)CC3)cc2)c1. The third-order valence-corrected chi connectivity index (χ3v) is 6.69. The first-order chi connectivity index (χ1) is 12.4. The molecule has 1 aliphatic rings. The van der Waals surface area contributed by atoms with Gasteiger partial charge in [-0.1, -0.05) is 24.6 Å². The molecule has 2 aromatic carbocycles. The number of piperidine rings is 1. The third-order valence-electron chi connectivity index (χ3n) is 4.77. The molecule has 2 aromatic rings. The van der Waals surface area contributed by atoms with Crippen LogP contribution in [0.4, 0.5) is 5.69 Å². The van der Waals surface area contributed by atoms with Crippen molar-refractivity contribution < 1.29 is 13.2 Å². The Morgan fingerprint density at radius 1 is 1.08 bits per heavy atom. The lowest BCUT2D eigenvalue weighted by Crippen LogP contribution is -2.37. The summed E-state index contributed by atoms with van der Waals surface area (Å²) in [5.41, 5.74) is 2.15. The molecule has 26 heavy (non-hydrogen) atoms. The molecule has 6 heteroatoms. The number of benzene rings is 2. The summed E-state index contributed by atoms with van der Waals surface area (Å²) in [7, 11) is -3.47. The summed E-state index contributed by atoms with van der Waals surface area (Å²) in [4.78, 5) is 12.6. The minimum atomic E-state index is -3.47. The van der Waals surface area contributed by atoms with Crippen molar-refractivity contribution in [3.63, 3.8) is 0 Å². The highest BCUT2D eigenvalue weighted by Gasteiger charge is 2.27. The second kappa shape index (κ2) is 7.60. The van der Waals surface area contributed by atoms with Crippen molar-refractivity contribution >= 4 is 21.6 Å². The summed E-state index contributed by atoms with van der Waals surface area (Å²) in [5.74, 6) is 0.356. The van der Waals surface area contributed by atoms with Gasteiger partial charge < -0.3 is 5.32 Å². The number of rotatable bonds is 4. The van der Waals surface area contributed by atoms with Crippen molar-refractivity contribution in [2.24, 2.45) is 5.92 Å². The molecule has 3 rings (SSSR count). The van der Waals surface area contributed by atoms with E-state index in [9.17, 15) is 13.2 Å². The van der Waals surface area contributed by atoms with Gasteiger partial charge in [-0.15, -0.1) is 0 Å². The maximum atomic E-state index is 12.7. The quantitative estimate of drug-likeness (QED) is 0.890. The van der Waals surface area contributed by atoms with E-state index in [-0.39, 0.29) is 10.8 Å². The molecule has 0 radical (unpaired) electrons. The second-order valence-corrected chi connectivity index (χ2v) is 8.87. The van der Waals surface area contributed by atoms with Gasteiger partial charge in [0.25, 0.3) is 5.91 Å². The average Bonchev–Trinajstić information content (AvgIpc) is 2.62. The molecule has 1 heterocycles. The second-order valence-electron chi connectivity index (χ2n) is 6.93. The van der Waals surface area contributed by atoms with E-state index in [1.807, 2.05) is 25.1 Å². The van der Waals surface area contributed by atoms with Crippen LogP contribution in [0.2, 0.25) is 0 Å². The molecule has 0 aromatic heterocycles. The van der Waals surface area contributed by atoms with Crippen LogP contribution in [0.3, 0.4) is 0 Å². The Morgan fingerprint density at radius 2 is 1.73 bits per heavy atom. The van der Waals surface area contributed by atoms with Gasteiger partial charge in [0.05, 0.1) is 4.90 Å². The Morgan fingerprint density at radius 3 is 2.35 bits per heavy atom. The van der Waals surface area contributed by atoms with Gasteiger partial charge >= 0.3 is 0 Å². The molecule has 0 bridgehead atoms. The lowest BCUT2D eigenvalue weighted by molar-refractivity contribution is 0.102. The Hall–Kier alpha value is -2.18. The van der Waals surface area contributed by atoms with Crippen LogP contribution in [0.1, 0.15) is 35.7 Å². The number of nitrogens with zero attached hydrogens (tertiary/aromatic N) is 1. The average molecular weight is 372 g/mol. The van der Waals surface area contributed by atoms with Crippen molar-refractivity contribution in [3.8, 4) is 0 Å². The molecule has 1 fully saturated rings. The van der Waals surface area contributed by atoms with Crippen molar-refractivity contribution in [3.05, 3.63) is 59.7 Å². The zero-order valence-corrected chi connectivity index (χ0v) is 15.9. The molecule has 1 amide bonds. The van der Waals surface area contributed by atoms with Gasteiger partial charge in [0, 0.05) is 24.3 Å². The zero-order chi connectivity index (χ0) is 18.7. The van der Waals surface area contributed by atoms with Gasteiger partial charge in [-0.05, 0) is 62.1 Å². The minimum absolute atomic E-state index is 0.214. The van der Waals surface area contributed by atoms with Gasteiger partial charge in [-0.3, -0.25) is 4.79 Å². The highest BCUT2D eigenvalue weighted by molar-refractivity contribution is 7.89. The number of amides is 1. The van der Waals surface area contributed by atoms with Crippen molar-refractivity contribution in [1.82, 2.24) is 4.31 Å². The lowest BCUT2D eigenvalue weighted by Gasteiger charge is -2.29. The number of sulfonamides is 1. The summed E-state index contributed by atoms with van der Waals surface area (Å²) in [6.07, 6.45) is 1.79. The van der Waals surface area contributed by atoms with Crippen LogP contribution in [0.25, 0.3) is 0 Å². The molecule has 138 valence electrons. The van der Waals surface area contributed by atoms with Crippen molar-refractivity contribution in [2.75, 3.05) is 18.4 Å². The molecule has 1 N–H and O–H groups in total. The molecule has 0 aliphatic carbocycles. The smallest absolute Gasteiger partial charge is 0.255 e. The van der Waals surface area contributed by atoms with Gasteiger partial charge in [0.2, 0.25) is 10.0 Å². The molecule has 0 saturated carbocycles. The maximum absolute atomic E-state index is 12.7. The summed E-state index contributed by atoms with van der Waals surface area (Å²) in [5, 5.41) is 2.80. The van der Waals surface area contributed by atoms with E-state index in [0.29, 0.717) is 30.3 Å². The molecular formula is C20H24N2O3S. The van der Waals surface area contributed by atoms with E-state index in [2.05, 4.69) is 12.2 Å². The van der Waals surface area contributed by atoms with E-state index < -0.39 is 10.0 Å². The fourth-order valence-electron chi connectivity index (χ4n) is 3.07. The van der Waals surface area contributed by atoms with E-state index >= 15 is 0 Å². The molecule has 0 unspecified atom stereocenters. The van der Waals surface area contributed by atoms with Crippen LogP contribution < -0.4 is 5.32 Å². The largest absolute Gasteiger partial charge is 0.322 e.